The van der Waals surface area contributed by atoms with Gasteiger partial charge in [0.05, 0.1) is 10.5 Å². The van der Waals surface area contributed by atoms with Crippen molar-refractivity contribution in [2.24, 2.45) is 0 Å². The highest BCUT2D eigenvalue weighted by molar-refractivity contribution is 7.07. The number of carbonyl (C=O) groups excluding carboxylic acids is 3. The first-order valence-electron chi connectivity index (χ1n) is 11.1. The number of carboxylic acid groups (broad SMARTS) is 1. The molecule has 10 nitrogen and oxygen atoms in total. The molecule has 0 aliphatic heterocycles. The number of hydrogen-bond donors (Lipinski definition) is 2. The molecule has 2 amide bonds. The Labute approximate surface area is 215 Å². The SMILES string of the molecule is COCCCn1c(=O)/c(=C/c2ccc(NC(C)=O)cc2)s/c1=C(\C#N)C(=O)Nc1ccc(C(=O)[O-])cc1. The number of nitriles is 1. The van der Waals surface area contributed by atoms with Gasteiger partial charge in [0.25, 0.3) is 11.5 Å². The fraction of sp³-hybridized carbons (Fsp3) is 0.192. The van der Waals surface area contributed by atoms with E-state index in [2.05, 4.69) is 10.6 Å². The van der Waals surface area contributed by atoms with Crippen molar-refractivity contribution in [2.75, 3.05) is 24.4 Å². The lowest BCUT2D eigenvalue weighted by molar-refractivity contribution is -0.255. The van der Waals surface area contributed by atoms with Gasteiger partial charge in [0.15, 0.2) is 5.57 Å². The Hall–Kier alpha value is -4.53. The van der Waals surface area contributed by atoms with E-state index in [9.17, 15) is 29.5 Å². The number of hydrogen-bond acceptors (Lipinski definition) is 8. The van der Waals surface area contributed by atoms with Gasteiger partial charge in [0.2, 0.25) is 5.91 Å². The molecule has 37 heavy (non-hydrogen) atoms. The van der Waals surface area contributed by atoms with Gasteiger partial charge in [-0.1, -0.05) is 24.3 Å². The van der Waals surface area contributed by atoms with Crippen LogP contribution in [0.4, 0.5) is 11.4 Å². The lowest BCUT2D eigenvalue weighted by Crippen LogP contribution is -2.34. The normalized spacial score (nSPS) is 12.0. The molecule has 2 N–H and O–H groups in total. The zero-order chi connectivity index (χ0) is 26.9. The maximum absolute atomic E-state index is 13.2. The summed E-state index contributed by atoms with van der Waals surface area (Å²) < 4.78 is 6.96. The third-order valence-electron chi connectivity index (χ3n) is 5.10. The molecule has 0 saturated carbocycles. The lowest BCUT2D eigenvalue weighted by atomic mass is 10.2. The molecule has 0 bridgehead atoms. The maximum atomic E-state index is 13.2. The number of methoxy groups -OCH3 is 1. The summed E-state index contributed by atoms with van der Waals surface area (Å²) in [5, 5.41) is 26.0. The third-order valence-corrected chi connectivity index (χ3v) is 6.23. The second-order valence-electron chi connectivity index (χ2n) is 7.83. The van der Waals surface area contributed by atoms with E-state index in [1.165, 1.54) is 42.9 Å². The maximum Gasteiger partial charge on any atom is 0.269 e. The molecule has 3 aromatic rings. The first kappa shape index (κ1) is 27.1. The van der Waals surface area contributed by atoms with Crippen molar-refractivity contribution in [1.82, 2.24) is 4.57 Å². The molecule has 0 aliphatic carbocycles. The van der Waals surface area contributed by atoms with Crippen LogP contribution in [0.1, 0.15) is 29.3 Å². The summed E-state index contributed by atoms with van der Waals surface area (Å²) in [5.74, 6) is -2.29. The number of thiazole rings is 1. The number of amides is 2. The number of aromatic nitrogens is 1. The van der Waals surface area contributed by atoms with Gasteiger partial charge in [0.1, 0.15) is 10.7 Å². The highest BCUT2D eigenvalue weighted by atomic mass is 32.1. The van der Waals surface area contributed by atoms with Crippen LogP contribution in [0.2, 0.25) is 0 Å². The summed E-state index contributed by atoms with van der Waals surface area (Å²) in [6, 6.07) is 14.1. The average molecular weight is 520 g/mol. The van der Waals surface area contributed by atoms with E-state index in [4.69, 9.17) is 4.74 Å². The molecule has 0 saturated heterocycles. The van der Waals surface area contributed by atoms with Crippen LogP contribution in [-0.4, -0.2) is 36.1 Å². The van der Waals surface area contributed by atoms with Crippen LogP contribution in [0.3, 0.4) is 0 Å². The van der Waals surface area contributed by atoms with Crippen LogP contribution >= 0.6 is 11.3 Å². The highest BCUT2D eigenvalue weighted by Gasteiger charge is 2.16. The molecular formula is C26H23N4O6S-. The topological polar surface area (TPSA) is 153 Å². The molecule has 11 heteroatoms. The van der Waals surface area contributed by atoms with Gasteiger partial charge in [-0.15, -0.1) is 11.3 Å². The van der Waals surface area contributed by atoms with Crippen LogP contribution < -0.4 is 30.5 Å². The number of rotatable bonds is 9. The minimum atomic E-state index is -1.35. The largest absolute Gasteiger partial charge is 0.545 e. The van der Waals surface area contributed by atoms with E-state index in [-0.39, 0.29) is 39.5 Å². The van der Waals surface area contributed by atoms with Gasteiger partial charge < -0.3 is 25.3 Å². The number of nitrogens with zero attached hydrogens (tertiary/aromatic N) is 2. The van der Waals surface area contributed by atoms with Crippen molar-refractivity contribution in [3.63, 3.8) is 0 Å². The Morgan fingerprint density at radius 1 is 1.08 bits per heavy atom. The molecule has 0 atom stereocenters. The Bertz CT molecular complexity index is 1530. The number of carboxylic acids is 1. The molecule has 0 fully saturated rings. The smallest absolute Gasteiger partial charge is 0.269 e. The highest BCUT2D eigenvalue weighted by Crippen LogP contribution is 2.11. The standard InChI is InChI=1S/C26H24N4O6S/c1-16(31)28-19-8-4-17(5-9-19)14-22-24(33)30(12-3-13-36-2)25(37-22)21(15-27)23(32)29-20-10-6-18(7-11-20)26(34)35/h4-11,14H,3,12-13H2,1-2H3,(H,28,31)(H,29,32)(H,34,35)/p-1/b22-14-,25-21+. The fourth-order valence-electron chi connectivity index (χ4n) is 3.37. The van der Waals surface area contributed by atoms with E-state index in [1.54, 1.807) is 30.3 Å². The number of nitrogens with one attached hydrogen (secondary N) is 2. The zero-order valence-corrected chi connectivity index (χ0v) is 20.9. The minimum Gasteiger partial charge on any atom is -0.545 e. The van der Waals surface area contributed by atoms with Crippen LogP contribution in [0.5, 0.6) is 0 Å². The summed E-state index contributed by atoms with van der Waals surface area (Å²) in [4.78, 5) is 48.4. The summed E-state index contributed by atoms with van der Waals surface area (Å²) in [5.41, 5.74) is 0.902. The molecule has 1 heterocycles. The molecule has 2 aromatic carbocycles. The number of benzene rings is 2. The zero-order valence-electron chi connectivity index (χ0n) is 20.1. The predicted molar refractivity (Wildman–Crippen MR) is 137 cm³/mol. The molecule has 0 radical (unpaired) electrons. The second-order valence-corrected chi connectivity index (χ2v) is 8.86. The van der Waals surface area contributed by atoms with Gasteiger partial charge in [0, 0.05) is 38.6 Å². The number of carbonyl (C=O) groups is 3. The molecule has 0 aliphatic rings. The lowest BCUT2D eigenvalue weighted by Gasteiger charge is -2.07. The van der Waals surface area contributed by atoms with Crippen LogP contribution in [0.15, 0.2) is 53.3 Å². The monoisotopic (exact) mass is 519 g/mol. The summed E-state index contributed by atoms with van der Waals surface area (Å²) in [6.07, 6.45) is 2.13. The molecular weight excluding hydrogens is 496 g/mol. The van der Waals surface area contributed by atoms with Crippen molar-refractivity contribution in [3.05, 3.63) is 79.2 Å². The van der Waals surface area contributed by atoms with Crippen molar-refractivity contribution < 1.29 is 24.2 Å². The van der Waals surface area contributed by atoms with Gasteiger partial charge in [-0.25, -0.2) is 0 Å². The fourth-order valence-corrected chi connectivity index (χ4v) is 4.50. The summed E-state index contributed by atoms with van der Waals surface area (Å²) in [7, 11) is 1.53. The van der Waals surface area contributed by atoms with E-state index in [1.807, 2.05) is 6.07 Å². The van der Waals surface area contributed by atoms with Crippen molar-refractivity contribution in [2.45, 2.75) is 19.9 Å². The Morgan fingerprint density at radius 2 is 1.70 bits per heavy atom. The Morgan fingerprint density at radius 3 is 2.27 bits per heavy atom. The van der Waals surface area contributed by atoms with E-state index >= 15 is 0 Å². The number of anilines is 2. The molecule has 1 aromatic heterocycles. The average Bonchev–Trinajstić information content (AvgIpc) is 3.15. The van der Waals surface area contributed by atoms with Crippen molar-refractivity contribution >= 4 is 52.1 Å². The van der Waals surface area contributed by atoms with E-state index in [0.29, 0.717) is 28.8 Å². The first-order valence-corrected chi connectivity index (χ1v) is 11.9. The third kappa shape index (κ3) is 7.00. The number of aromatic carboxylic acids is 1. The quantitative estimate of drug-likeness (QED) is 0.388. The van der Waals surface area contributed by atoms with E-state index < -0.39 is 11.9 Å². The van der Waals surface area contributed by atoms with Gasteiger partial charge >= 0.3 is 0 Å². The molecule has 0 spiro atoms. The van der Waals surface area contributed by atoms with E-state index in [0.717, 1.165) is 11.3 Å². The molecule has 190 valence electrons. The van der Waals surface area contributed by atoms with Gasteiger partial charge in [-0.3, -0.25) is 19.0 Å². The Kier molecular flexibility index (Phi) is 9.10. The van der Waals surface area contributed by atoms with Crippen LogP contribution in [0.25, 0.3) is 11.6 Å². The molecule has 0 unspecified atom stereocenters. The summed E-state index contributed by atoms with van der Waals surface area (Å²) in [6.45, 7) is 2.01. The minimum absolute atomic E-state index is 0.0574. The second kappa shape index (κ2) is 12.4. The first-order chi connectivity index (χ1) is 17.7. The predicted octanol–water partition coefficient (Wildman–Crippen LogP) is 0.410. The molecule has 3 rings (SSSR count). The van der Waals surface area contributed by atoms with Gasteiger partial charge in [-0.2, -0.15) is 5.26 Å². The number of ether oxygens (including phenoxy) is 1. The van der Waals surface area contributed by atoms with Crippen molar-refractivity contribution in [3.8, 4) is 6.07 Å². The van der Waals surface area contributed by atoms with Crippen LogP contribution in [-0.2, 0) is 20.9 Å². The van der Waals surface area contributed by atoms with Gasteiger partial charge in [-0.05, 0) is 47.9 Å². The summed E-state index contributed by atoms with van der Waals surface area (Å²) >= 11 is 1.01. The Balaban J connectivity index is 2.05. The van der Waals surface area contributed by atoms with Crippen LogP contribution in [0, 0.1) is 11.3 Å². The van der Waals surface area contributed by atoms with Crippen molar-refractivity contribution in [1.29, 1.82) is 5.26 Å².